The number of thioether (sulfide) groups is 1. The molecule has 29 heavy (non-hydrogen) atoms. The molecule has 1 aliphatic carbocycles. The summed E-state index contributed by atoms with van der Waals surface area (Å²) in [7, 11) is 0. The number of halogens is 1. The molecule has 4 rings (SSSR count). The lowest BCUT2D eigenvalue weighted by Crippen LogP contribution is -2.19. The molecule has 0 amide bonds. The van der Waals surface area contributed by atoms with E-state index in [2.05, 4.69) is 30.0 Å². The van der Waals surface area contributed by atoms with Crippen LogP contribution in [0.1, 0.15) is 39.0 Å². The van der Waals surface area contributed by atoms with E-state index in [1.807, 2.05) is 30.3 Å². The second kappa shape index (κ2) is 9.17. The molecular weight excluding hydrogens is 379 g/mol. The molecule has 0 unspecified atom stereocenters. The average molecular weight is 409 g/mol. The molecule has 152 valence electrons. The molecule has 4 heteroatoms. The molecule has 1 aromatic heterocycles. The highest BCUT2D eigenvalue weighted by molar-refractivity contribution is 7.98. The minimum Gasteiger partial charge on any atom is -0.258 e. The van der Waals surface area contributed by atoms with Gasteiger partial charge >= 0.3 is 0 Å². The normalized spacial score (nSPS) is 19.4. The first-order chi connectivity index (χ1) is 14.2. The summed E-state index contributed by atoms with van der Waals surface area (Å²) in [5.74, 6) is 1.38. The molecular formula is C25H29FN2S. The van der Waals surface area contributed by atoms with Crippen LogP contribution in [0.2, 0.25) is 0 Å². The first kappa shape index (κ1) is 20.2. The maximum Gasteiger partial charge on any atom is 0.123 e. The number of benzene rings is 2. The highest BCUT2D eigenvalue weighted by atomic mass is 32.2. The fraction of sp³-hybridized carbons (Fsp3) is 0.400. The van der Waals surface area contributed by atoms with Crippen LogP contribution in [0.15, 0.2) is 59.6 Å². The van der Waals surface area contributed by atoms with Crippen LogP contribution in [0.5, 0.6) is 0 Å². The van der Waals surface area contributed by atoms with E-state index in [4.69, 9.17) is 5.10 Å². The van der Waals surface area contributed by atoms with Crippen LogP contribution in [0.3, 0.4) is 0 Å². The van der Waals surface area contributed by atoms with Crippen LogP contribution in [-0.2, 0) is 6.54 Å². The van der Waals surface area contributed by atoms with Crippen LogP contribution in [0.25, 0.3) is 22.4 Å². The van der Waals surface area contributed by atoms with E-state index in [0.717, 1.165) is 34.8 Å². The SMILES string of the molecule is CCC1CCC(Cn2nc(-c3ccccc3)c(-c3ccc(F)cc3)c2SC)CC1. The van der Waals surface area contributed by atoms with Gasteiger partial charge in [0, 0.05) is 17.7 Å². The van der Waals surface area contributed by atoms with Gasteiger partial charge in [-0.1, -0.05) is 68.7 Å². The van der Waals surface area contributed by atoms with Crippen molar-refractivity contribution in [3.05, 3.63) is 60.4 Å². The number of nitrogens with zero attached hydrogens (tertiary/aromatic N) is 2. The Morgan fingerprint density at radius 3 is 2.21 bits per heavy atom. The third kappa shape index (κ3) is 4.42. The zero-order valence-corrected chi connectivity index (χ0v) is 18.1. The quantitative estimate of drug-likeness (QED) is 0.398. The van der Waals surface area contributed by atoms with Gasteiger partial charge in [0.15, 0.2) is 0 Å². The smallest absolute Gasteiger partial charge is 0.123 e. The Bertz CT molecular complexity index is 925. The van der Waals surface area contributed by atoms with Gasteiger partial charge in [-0.05, 0) is 48.6 Å². The number of hydrogen-bond acceptors (Lipinski definition) is 2. The maximum absolute atomic E-state index is 13.6. The monoisotopic (exact) mass is 408 g/mol. The average Bonchev–Trinajstić information content (AvgIpc) is 3.13. The molecule has 2 aromatic carbocycles. The molecule has 0 bridgehead atoms. The summed E-state index contributed by atoms with van der Waals surface area (Å²) in [6.45, 7) is 3.28. The summed E-state index contributed by atoms with van der Waals surface area (Å²) in [4.78, 5) is 0. The Labute approximate surface area is 177 Å². The van der Waals surface area contributed by atoms with Crippen molar-refractivity contribution in [2.45, 2.75) is 50.6 Å². The van der Waals surface area contributed by atoms with Crippen molar-refractivity contribution in [1.82, 2.24) is 9.78 Å². The van der Waals surface area contributed by atoms with Gasteiger partial charge in [0.25, 0.3) is 0 Å². The third-order valence-electron chi connectivity index (χ3n) is 6.25. The first-order valence-corrected chi connectivity index (χ1v) is 11.9. The third-order valence-corrected chi connectivity index (χ3v) is 7.06. The molecule has 1 aliphatic rings. The van der Waals surface area contributed by atoms with Crippen molar-refractivity contribution in [3.8, 4) is 22.4 Å². The van der Waals surface area contributed by atoms with Crippen molar-refractivity contribution < 1.29 is 4.39 Å². The minimum absolute atomic E-state index is 0.208. The van der Waals surface area contributed by atoms with E-state index in [1.54, 1.807) is 11.8 Å². The maximum atomic E-state index is 13.6. The van der Waals surface area contributed by atoms with Crippen molar-refractivity contribution in [1.29, 1.82) is 0 Å². The molecule has 3 aromatic rings. The van der Waals surface area contributed by atoms with E-state index < -0.39 is 0 Å². The van der Waals surface area contributed by atoms with E-state index in [9.17, 15) is 4.39 Å². The Hall–Kier alpha value is -2.07. The van der Waals surface area contributed by atoms with Crippen LogP contribution < -0.4 is 0 Å². The Balaban J connectivity index is 1.73. The topological polar surface area (TPSA) is 17.8 Å². The van der Waals surface area contributed by atoms with Crippen LogP contribution in [-0.4, -0.2) is 16.0 Å². The second-order valence-electron chi connectivity index (χ2n) is 8.08. The summed E-state index contributed by atoms with van der Waals surface area (Å²) in [6.07, 6.45) is 8.68. The Morgan fingerprint density at radius 1 is 0.931 bits per heavy atom. The highest BCUT2D eigenvalue weighted by Crippen LogP contribution is 2.40. The van der Waals surface area contributed by atoms with E-state index in [-0.39, 0.29) is 5.82 Å². The number of hydrogen-bond donors (Lipinski definition) is 0. The molecule has 0 N–H and O–H groups in total. The predicted molar refractivity (Wildman–Crippen MR) is 121 cm³/mol. The highest BCUT2D eigenvalue weighted by Gasteiger charge is 2.25. The summed E-state index contributed by atoms with van der Waals surface area (Å²) < 4.78 is 15.8. The molecule has 2 nitrogen and oxygen atoms in total. The molecule has 0 aliphatic heterocycles. The van der Waals surface area contributed by atoms with E-state index >= 15 is 0 Å². The van der Waals surface area contributed by atoms with Crippen LogP contribution >= 0.6 is 11.8 Å². The Kier molecular flexibility index (Phi) is 6.39. The van der Waals surface area contributed by atoms with Gasteiger partial charge in [0.1, 0.15) is 16.5 Å². The number of aromatic nitrogens is 2. The molecule has 0 spiro atoms. The van der Waals surface area contributed by atoms with Gasteiger partial charge in [-0.2, -0.15) is 5.10 Å². The first-order valence-electron chi connectivity index (χ1n) is 10.7. The van der Waals surface area contributed by atoms with Gasteiger partial charge in [-0.25, -0.2) is 4.39 Å². The summed E-state index contributed by atoms with van der Waals surface area (Å²) in [5, 5.41) is 6.26. The molecule has 1 saturated carbocycles. The van der Waals surface area contributed by atoms with Crippen molar-refractivity contribution in [3.63, 3.8) is 0 Å². The van der Waals surface area contributed by atoms with Gasteiger partial charge < -0.3 is 0 Å². The molecule has 1 fully saturated rings. The number of rotatable bonds is 6. The van der Waals surface area contributed by atoms with E-state index in [0.29, 0.717) is 5.92 Å². The lowest BCUT2D eigenvalue weighted by molar-refractivity contribution is 0.238. The van der Waals surface area contributed by atoms with Crippen LogP contribution in [0.4, 0.5) is 4.39 Å². The van der Waals surface area contributed by atoms with Crippen molar-refractivity contribution >= 4 is 11.8 Å². The largest absolute Gasteiger partial charge is 0.258 e. The van der Waals surface area contributed by atoms with Crippen molar-refractivity contribution in [2.75, 3.05) is 6.26 Å². The Morgan fingerprint density at radius 2 is 1.59 bits per heavy atom. The second-order valence-corrected chi connectivity index (χ2v) is 8.88. The summed E-state index contributed by atoms with van der Waals surface area (Å²) in [5.41, 5.74) is 4.24. The standard InChI is InChI=1S/C25H29FN2S/c1-3-18-9-11-19(12-10-18)17-28-25(29-2)23(20-13-15-22(26)16-14-20)24(27-28)21-7-5-4-6-8-21/h4-8,13-16,18-19H,3,9-12,17H2,1-2H3. The predicted octanol–water partition coefficient (Wildman–Crippen LogP) is 7.29. The molecule has 1 heterocycles. The minimum atomic E-state index is -0.208. The fourth-order valence-corrected chi connectivity index (χ4v) is 5.26. The van der Waals surface area contributed by atoms with Crippen molar-refractivity contribution in [2.24, 2.45) is 11.8 Å². The molecule has 0 saturated heterocycles. The molecule has 0 atom stereocenters. The van der Waals surface area contributed by atoms with Gasteiger partial charge in [-0.15, -0.1) is 11.8 Å². The van der Waals surface area contributed by atoms with Gasteiger partial charge in [0.05, 0.1) is 0 Å². The zero-order valence-electron chi connectivity index (χ0n) is 17.3. The van der Waals surface area contributed by atoms with Gasteiger partial charge in [0.2, 0.25) is 0 Å². The lowest BCUT2D eigenvalue weighted by Gasteiger charge is -2.28. The summed E-state index contributed by atoms with van der Waals surface area (Å²) in [6, 6.07) is 17.2. The zero-order chi connectivity index (χ0) is 20.2. The lowest BCUT2D eigenvalue weighted by atomic mass is 9.81. The van der Waals surface area contributed by atoms with Gasteiger partial charge in [-0.3, -0.25) is 4.68 Å². The van der Waals surface area contributed by atoms with E-state index in [1.165, 1.54) is 49.3 Å². The fourth-order valence-electron chi connectivity index (χ4n) is 4.52. The summed E-state index contributed by atoms with van der Waals surface area (Å²) >= 11 is 1.74. The van der Waals surface area contributed by atoms with Crippen LogP contribution in [0, 0.1) is 17.7 Å². The molecule has 0 radical (unpaired) electrons.